The number of ether oxygens (including phenoxy) is 2. The van der Waals surface area contributed by atoms with Gasteiger partial charge in [0.25, 0.3) is 0 Å². The van der Waals surface area contributed by atoms with E-state index in [0.29, 0.717) is 17.6 Å². The molecule has 1 aromatic rings. The number of hydrogen-bond acceptors (Lipinski definition) is 3. The summed E-state index contributed by atoms with van der Waals surface area (Å²) in [6, 6.07) is 6.23. The fraction of sp³-hybridized carbons (Fsp3) is 0.364. The molecule has 1 rings (SSSR count). The zero-order valence-corrected chi connectivity index (χ0v) is 8.87. The van der Waals surface area contributed by atoms with Crippen molar-refractivity contribution in [1.82, 2.24) is 0 Å². The monoisotopic (exact) mass is 248 g/mol. The summed E-state index contributed by atoms with van der Waals surface area (Å²) in [7, 11) is 0. The number of halogens is 3. The first-order chi connectivity index (χ1) is 8.01. The molecule has 0 amide bonds. The number of alkyl halides is 3. The van der Waals surface area contributed by atoms with E-state index in [1.165, 1.54) is 0 Å². The van der Waals surface area contributed by atoms with Crippen molar-refractivity contribution >= 4 is 6.29 Å². The molecule has 0 N–H and O–H groups in total. The summed E-state index contributed by atoms with van der Waals surface area (Å²) in [5.41, 5.74) is 0.505. The molecule has 6 heteroatoms. The molecule has 0 unspecified atom stereocenters. The molecule has 0 radical (unpaired) electrons. The van der Waals surface area contributed by atoms with E-state index in [0.717, 1.165) is 0 Å². The van der Waals surface area contributed by atoms with Crippen molar-refractivity contribution < 1.29 is 27.4 Å². The van der Waals surface area contributed by atoms with Crippen molar-refractivity contribution in [1.29, 1.82) is 0 Å². The zero-order chi connectivity index (χ0) is 12.7. The highest BCUT2D eigenvalue weighted by Gasteiger charge is 2.27. The molecule has 1 aromatic carbocycles. The minimum absolute atomic E-state index is 0.0243. The Hall–Kier alpha value is -1.56. The summed E-state index contributed by atoms with van der Waals surface area (Å²) in [4.78, 5) is 10.3. The lowest BCUT2D eigenvalue weighted by Gasteiger charge is -2.08. The third-order valence-corrected chi connectivity index (χ3v) is 1.78. The minimum atomic E-state index is -4.31. The van der Waals surface area contributed by atoms with Crippen LogP contribution in [-0.2, 0) is 4.74 Å². The van der Waals surface area contributed by atoms with Gasteiger partial charge in [-0.2, -0.15) is 13.2 Å². The quantitative estimate of drug-likeness (QED) is 0.573. The molecular weight excluding hydrogens is 237 g/mol. The third-order valence-electron chi connectivity index (χ3n) is 1.78. The second kappa shape index (κ2) is 6.24. The Morgan fingerprint density at radius 2 is 1.76 bits per heavy atom. The Morgan fingerprint density at radius 3 is 2.29 bits per heavy atom. The summed E-state index contributed by atoms with van der Waals surface area (Å²) >= 11 is 0. The van der Waals surface area contributed by atoms with Gasteiger partial charge in [-0.05, 0) is 24.3 Å². The summed E-state index contributed by atoms with van der Waals surface area (Å²) in [5.74, 6) is 0.478. The van der Waals surface area contributed by atoms with E-state index in [4.69, 9.17) is 4.74 Å². The number of benzene rings is 1. The second-order valence-electron chi connectivity index (χ2n) is 3.20. The lowest BCUT2D eigenvalue weighted by molar-refractivity contribution is -0.175. The van der Waals surface area contributed by atoms with Crippen molar-refractivity contribution in [2.24, 2.45) is 0 Å². The van der Waals surface area contributed by atoms with Gasteiger partial charge in [-0.15, -0.1) is 0 Å². The van der Waals surface area contributed by atoms with E-state index < -0.39 is 12.8 Å². The number of hydrogen-bond donors (Lipinski definition) is 0. The van der Waals surface area contributed by atoms with Gasteiger partial charge in [-0.3, -0.25) is 4.79 Å². The summed E-state index contributed by atoms with van der Waals surface area (Å²) in [5, 5.41) is 0. The average molecular weight is 248 g/mol. The van der Waals surface area contributed by atoms with E-state index in [1.54, 1.807) is 24.3 Å². The zero-order valence-electron chi connectivity index (χ0n) is 8.87. The Kier molecular flexibility index (Phi) is 4.96. The molecule has 0 saturated heterocycles. The first-order valence-corrected chi connectivity index (χ1v) is 4.84. The topological polar surface area (TPSA) is 35.5 Å². The van der Waals surface area contributed by atoms with Gasteiger partial charge in [0, 0.05) is 5.56 Å². The Balaban J connectivity index is 2.20. The molecule has 0 fully saturated rings. The maximum atomic E-state index is 11.7. The molecule has 94 valence electrons. The Bertz CT molecular complexity index is 346. The van der Waals surface area contributed by atoms with Gasteiger partial charge < -0.3 is 9.47 Å². The smallest absolute Gasteiger partial charge is 0.411 e. The van der Waals surface area contributed by atoms with Gasteiger partial charge in [-0.25, -0.2) is 0 Å². The van der Waals surface area contributed by atoms with Gasteiger partial charge in [0.05, 0.1) is 6.61 Å². The molecule has 0 aliphatic heterocycles. The largest absolute Gasteiger partial charge is 0.491 e. The highest BCUT2D eigenvalue weighted by Crippen LogP contribution is 2.14. The van der Waals surface area contributed by atoms with Gasteiger partial charge in [-0.1, -0.05) is 0 Å². The molecule has 0 aromatic heterocycles. The van der Waals surface area contributed by atoms with E-state index in [2.05, 4.69) is 4.74 Å². The van der Waals surface area contributed by atoms with Crippen LogP contribution in [0.15, 0.2) is 24.3 Å². The van der Waals surface area contributed by atoms with Crippen LogP contribution in [0.1, 0.15) is 10.4 Å². The fourth-order valence-corrected chi connectivity index (χ4v) is 1.05. The summed E-state index contributed by atoms with van der Waals surface area (Å²) in [6.45, 7) is -1.40. The van der Waals surface area contributed by atoms with Crippen molar-refractivity contribution in [3.8, 4) is 5.75 Å². The lowest BCUT2D eigenvalue weighted by atomic mass is 10.2. The van der Waals surface area contributed by atoms with Crippen molar-refractivity contribution in [3.05, 3.63) is 29.8 Å². The number of rotatable bonds is 6. The first-order valence-electron chi connectivity index (χ1n) is 4.84. The van der Waals surface area contributed by atoms with Crippen LogP contribution < -0.4 is 4.74 Å². The number of aldehydes is 1. The van der Waals surface area contributed by atoms with Gasteiger partial charge >= 0.3 is 6.18 Å². The lowest BCUT2D eigenvalue weighted by Crippen LogP contribution is -2.19. The molecule has 0 atom stereocenters. The highest BCUT2D eigenvalue weighted by atomic mass is 19.4. The molecule has 0 bridgehead atoms. The van der Waals surface area contributed by atoms with Crippen LogP contribution in [0, 0.1) is 0 Å². The molecule has 0 spiro atoms. The minimum Gasteiger partial charge on any atom is -0.491 e. The molecule has 3 nitrogen and oxygen atoms in total. The normalized spacial score (nSPS) is 11.2. The fourth-order valence-electron chi connectivity index (χ4n) is 1.05. The van der Waals surface area contributed by atoms with Crippen LogP contribution in [0.2, 0.25) is 0 Å². The summed E-state index contributed by atoms with van der Waals surface area (Å²) in [6.07, 6.45) is -3.62. The number of carbonyl (C=O) groups is 1. The predicted molar refractivity (Wildman–Crippen MR) is 54.2 cm³/mol. The second-order valence-corrected chi connectivity index (χ2v) is 3.20. The first kappa shape index (κ1) is 13.5. The number of carbonyl (C=O) groups excluding carboxylic acids is 1. The van der Waals surface area contributed by atoms with Crippen LogP contribution in [-0.4, -0.2) is 32.3 Å². The van der Waals surface area contributed by atoms with Crippen LogP contribution in [0.25, 0.3) is 0 Å². The molecule has 0 heterocycles. The van der Waals surface area contributed by atoms with Gasteiger partial charge in [0.2, 0.25) is 0 Å². The van der Waals surface area contributed by atoms with Crippen LogP contribution in [0.5, 0.6) is 5.75 Å². The molecule has 0 aliphatic carbocycles. The predicted octanol–water partition coefficient (Wildman–Crippen LogP) is 2.46. The Labute approximate surface area is 96.1 Å². The van der Waals surface area contributed by atoms with Crippen LogP contribution >= 0.6 is 0 Å². The standard InChI is InChI=1S/C11H11F3O3/c12-11(13,14)8-16-5-6-17-10-3-1-9(7-15)2-4-10/h1-4,7H,5-6,8H2. The van der Waals surface area contributed by atoms with Crippen molar-refractivity contribution in [3.63, 3.8) is 0 Å². The highest BCUT2D eigenvalue weighted by molar-refractivity contribution is 5.74. The van der Waals surface area contributed by atoms with Crippen molar-refractivity contribution in [2.45, 2.75) is 6.18 Å². The molecule has 0 aliphatic rings. The third kappa shape index (κ3) is 5.91. The van der Waals surface area contributed by atoms with Crippen LogP contribution in [0.3, 0.4) is 0 Å². The average Bonchev–Trinajstić information content (AvgIpc) is 2.28. The maximum absolute atomic E-state index is 11.7. The van der Waals surface area contributed by atoms with E-state index in [-0.39, 0.29) is 13.2 Å². The van der Waals surface area contributed by atoms with E-state index in [9.17, 15) is 18.0 Å². The van der Waals surface area contributed by atoms with Crippen LogP contribution in [0.4, 0.5) is 13.2 Å². The van der Waals surface area contributed by atoms with Crippen molar-refractivity contribution in [2.75, 3.05) is 19.8 Å². The molecular formula is C11H11F3O3. The SMILES string of the molecule is O=Cc1ccc(OCCOCC(F)(F)F)cc1. The summed E-state index contributed by atoms with van der Waals surface area (Å²) < 4.78 is 44.5. The Morgan fingerprint density at radius 1 is 1.12 bits per heavy atom. The molecule has 0 saturated carbocycles. The van der Waals surface area contributed by atoms with E-state index in [1.807, 2.05) is 0 Å². The van der Waals surface area contributed by atoms with Gasteiger partial charge in [0.1, 0.15) is 25.2 Å². The van der Waals surface area contributed by atoms with E-state index >= 15 is 0 Å². The maximum Gasteiger partial charge on any atom is 0.411 e. The molecule has 17 heavy (non-hydrogen) atoms. The van der Waals surface area contributed by atoms with Gasteiger partial charge in [0.15, 0.2) is 0 Å².